The van der Waals surface area contributed by atoms with E-state index < -0.39 is 0 Å². The molecular weight excluding hydrogens is 372 g/mol. The molecule has 0 bridgehead atoms. The largest absolute Gasteiger partial charge is 0.419 e. The SMILES string of the molecule is Cc1cccc(-c2nnc([C@@H](C)Sc3nnnn3-c3cccc(C)c3C)o2)c1. The van der Waals surface area contributed by atoms with Gasteiger partial charge in [-0.05, 0) is 67.4 Å². The van der Waals surface area contributed by atoms with Gasteiger partial charge in [0, 0.05) is 5.56 Å². The first kappa shape index (κ1) is 18.4. The minimum Gasteiger partial charge on any atom is -0.419 e. The van der Waals surface area contributed by atoms with Crippen molar-refractivity contribution in [3.63, 3.8) is 0 Å². The third kappa shape index (κ3) is 3.55. The summed E-state index contributed by atoms with van der Waals surface area (Å²) >= 11 is 1.48. The minimum absolute atomic E-state index is 0.0964. The number of nitrogens with zero attached hydrogens (tertiary/aromatic N) is 6. The molecule has 0 radical (unpaired) electrons. The molecule has 2 aromatic heterocycles. The monoisotopic (exact) mass is 392 g/mol. The van der Waals surface area contributed by atoms with Crippen LogP contribution in [0.5, 0.6) is 0 Å². The van der Waals surface area contributed by atoms with Crippen molar-refractivity contribution in [3.05, 3.63) is 65.0 Å². The van der Waals surface area contributed by atoms with Crippen LogP contribution in [0.25, 0.3) is 17.1 Å². The molecule has 8 heteroatoms. The first-order valence-electron chi connectivity index (χ1n) is 8.95. The molecule has 2 heterocycles. The molecule has 0 saturated carbocycles. The summed E-state index contributed by atoms with van der Waals surface area (Å²) in [5.74, 6) is 1.05. The summed E-state index contributed by atoms with van der Waals surface area (Å²) in [6.07, 6.45) is 0. The fraction of sp³-hybridized carbons (Fsp3) is 0.250. The van der Waals surface area contributed by atoms with Gasteiger partial charge in [-0.2, -0.15) is 4.68 Å². The molecule has 0 aliphatic carbocycles. The van der Waals surface area contributed by atoms with Gasteiger partial charge in [-0.15, -0.1) is 15.3 Å². The minimum atomic E-state index is -0.0964. The molecule has 4 aromatic rings. The van der Waals surface area contributed by atoms with E-state index in [1.807, 2.05) is 50.2 Å². The van der Waals surface area contributed by atoms with Gasteiger partial charge in [-0.1, -0.05) is 41.6 Å². The van der Waals surface area contributed by atoms with Crippen LogP contribution < -0.4 is 0 Å². The summed E-state index contributed by atoms with van der Waals surface area (Å²) in [6, 6.07) is 14.1. The van der Waals surface area contributed by atoms with Crippen molar-refractivity contribution in [1.29, 1.82) is 0 Å². The fourth-order valence-corrected chi connectivity index (χ4v) is 3.70. The third-order valence-corrected chi connectivity index (χ3v) is 5.60. The number of hydrogen-bond acceptors (Lipinski definition) is 7. The Bertz CT molecular complexity index is 1120. The number of benzene rings is 2. The highest BCUT2D eigenvalue weighted by Gasteiger charge is 2.21. The molecule has 1 atom stereocenters. The van der Waals surface area contributed by atoms with E-state index in [-0.39, 0.29) is 5.25 Å². The van der Waals surface area contributed by atoms with Crippen LogP contribution in [0, 0.1) is 20.8 Å². The van der Waals surface area contributed by atoms with Crippen LogP contribution in [0.1, 0.15) is 34.8 Å². The zero-order chi connectivity index (χ0) is 19.7. The second kappa shape index (κ2) is 7.55. The Hall–Kier alpha value is -3.00. The molecule has 0 fully saturated rings. The lowest BCUT2D eigenvalue weighted by Crippen LogP contribution is -2.03. The average Bonchev–Trinajstić information content (AvgIpc) is 3.34. The Morgan fingerprint density at radius 3 is 2.64 bits per heavy atom. The van der Waals surface area contributed by atoms with E-state index in [0.717, 1.165) is 22.4 Å². The molecule has 0 unspecified atom stereocenters. The summed E-state index contributed by atoms with van der Waals surface area (Å²) in [5, 5.41) is 21.2. The van der Waals surface area contributed by atoms with Crippen molar-refractivity contribution >= 4 is 11.8 Å². The first-order chi connectivity index (χ1) is 13.5. The highest BCUT2D eigenvalue weighted by Crippen LogP contribution is 2.35. The van der Waals surface area contributed by atoms with Crippen LogP contribution in [-0.2, 0) is 0 Å². The summed E-state index contributed by atoms with van der Waals surface area (Å²) in [6.45, 7) is 8.17. The van der Waals surface area contributed by atoms with Gasteiger partial charge in [0.25, 0.3) is 0 Å². The average molecular weight is 392 g/mol. The van der Waals surface area contributed by atoms with Gasteiger partial charge in [0.2, 0.25) is 16.9 Å². The third-order valence-electron chi connectivity index (χ3n) is 4.58. The van der Waals surface area contributed by atoms with Crippen LogP contribution in [-0.4, -0.2) is 30.4 Å². The maximum atomic E-state index is 5.90. The summed E-state index contributed by atoms with van der Waals surface area (Å²) in [7, 11) is 0. The molecule has 0 N–H and O–H groups in total. The molecule has 7 nitrogen and oxygen atoms in total. The van der Waals surface area contributed by atoms with Gasteiger partial charge in [0.1, 0.15) is 0 Å². The lowest BCUT2D eigenvalue weighted by molar-refractivity contribution is 0.508. The number of aryl methyl sites for hydroxylation is 2. The van der Waals surface area contributed by atoms with Gasteiger partial charge in [-0.3, -0.25) is 0 Å². The molecule has 4 rings (SSSR count). The van der Waals surface area contributed by atoms with E-state index in [4.69, 9.17) is 4.42 Å². The Morgan fingerprint density at radius 1 is 1.00 bits per heavy atom. The standard InChI is InChI=1S/C20H20N6OS/c1-12-7-5-9-16(11-12)19-22-21-18(27-19)15(4)28-20-23-24-25-26(20)17-10-6-8-13(2)14(17)3/h5-11,15H,1-4H3/t15-/m1/s1. The number of thioether (sulfide) groups is 1. The summed E-state index contributed by atoms with van der Waals surface area (Å²) < 4.78 is 7.65. The van der Waals surface area contributed by atoms with Crippen molar-refractivity contribution < 1.29 is 4.42 Å². The van der Waals surface area contributed by atoms with Gasteiger partial charge >= 0.3 is 0 Å². The predicted octanol–water partition coefficient (Wildman–Crippen LogP) is 4.49. The fourth-order valence-electron chi connectivity index (χ4n) is 2.87. The Balaban J connectivity index is 1.58. The smallest absolute Gasteiger partial charge is 0.247 e. The van der Waals surface area contributed by atoms with Crippen molar-refractivity contribution in [2.45, 2.75) is 38.1 Å². The van der Waals surface area contributed by atoms with Gasteiger partial charge < -0.3 is 4.42 Å². The normalized spacial score (nSPS) is 12.3. The lowest BCUT2D eigenvalue weighted by Gasteiger charge is -2.10. The quantitative estimate of drug-likeness (QED) is 0.463. The number of aromatic nitrogens is 6. The molecule has 0 saturated heterocycles. The number of tetrazole rings is 1. The Labute approximate surface area is 167 Å². The summed E-state index contributed by atoms with van der Waals surface area (Å²) in [5.41, 5.74) is 5.36. The van der Waals surface area contributed by atoms with E-state index in [2.05, 4.69) is 45.6 Å². The molecule has 0 amide bonds. The van der Waals surface area contributed by atoms with E-state index in [1.165, 1.54) is 17.3 Å². The highest BCUT2D eigenvalue weighted by molar-refractivity contribution is 7.99. The van der Waals surface area contributed by atoms with E-state index in [1.54, 1.807) is 4.68 Å². The molecular formula is C20H20N6OS. The van der Waals surface area contributed by atoms with Crippen molar-refractivity contribution in [2.75, 3.05) is 0 Å². The molecule has 28 heavy (non-hydrogen) atoms. The van der Waals surface area contributed by atoms with Crippen molar-refractivity contribution in [1.82, 2.24) is 30.4 Å². The maximum absolute atomic E-state index is 5.90. The van der Waals surface area contributed by atoms with Crippen LogP contribution >= 0.6 is 11.8 Å². The Kier molecular flexibility index (Phi) is 4.95. The van der Waals surface area contributed by atoms with E-state index >= 15 is 0 Å². The molecule has 142 valence electrons. The van der Waals surface area contributed by atoms with E-state index in [0.29, 0.717) is 16.9 Å². The highest BCUT2D eigenvalue weighted by atomic mass is 32.2. The molecule has 0 aliphatic rings. The van der Waals surface area contributed by atoms with Crippen LogP contribution in [0.4, 0.5) is 0 Å². The first-order valence-corrected chi connectivity index (χ1v) is 9.83. The van der Waals surface area contributed by atoms with Gasteiger partial charge in [-0.25, -0.2) is 0 Å². The lowest BCUT2D eigenvalue weighted by atomic mass is 10.1. The molecule has 2 aromatic carbocycles. The van der Waals surface area contributed by atoms with Gasteiger partial charge in [0.15, 0.2) is 0 Å². The van der Waals surface area contributed by atoms with Gasteiger partial charge in [0.05, 0.1) is 10.9 Å². The van der Waals surface area contributed by atoms with Crippen molar-refractivity contribution in [3.8, 4) is 17.1 Å². The number of hydrogen-bond donors (Lipinski definition) is 0. The second-order valence-corrected chi connectivity index (χ2v) is 7.98. The van der Waals surface area contributed by atoms with E-state index in [9.17, 15) is 0 Å². The molecule has 0 spiro atoms. The zero-order valence-corrected chi connectivity index (χ0v) is 16.9. The Morgan fingerprint density at radius 2 is 1.82 bits per heavy atom. The van der Waals surface area contributed by atoms with Crippen LogP contribution in [0.3, 0.4) is 0 Å². The molecule has 0 aliphatic heterocycles. The number of rotatable bonds is 5. The predicted molar refractivity (Wildman–Crippen MR) is 107 cm³/mol. The summed E-state index contributed by atoms with van der Waals surface area (Å²) in [4.78, 5) is 0. The second-order valence-electron chi connectivity index (χ2n) is 6.67. The topological polar surface area (TPSA) is 82.5 Å². The van der Waals surface area contributed by atoms with Crippen LogP contribution in [0.2, 0.25) is 0 Å². The van der Waals surface area contributed by atoms with Crippen LogP contribution in [0.15, 0.2) is 52.0 Å². The maximum Gasteiger partial charge on any atom is 0.247 e. The van der Waals surface area contributed by atoms with Crippen molar-refractivity contribution in [2.24, 2.45) is 0 Å². The zero-order valence-electron chi connectivity index (χ0n) is 16.1.